The predicted molar refractivity (Wildman–Crippen MR) is 92.1 cm³/mol. The van der Waals surface area contributed by atoms with Crippen LogP contribution in [0.1, 0.15) is 31.7 Å². The maximum absolute atomic E-state index is 12.4. The lowest BCUT2D eigenvalue weighted by molar-refractivity contribution is -0.121. The summed E-state index contributed by atoms with van der Waals surface area (Å²) in [6.45, 7) is 7.19. The molecule has 0 spiro atoms. The number of nitrogens with one attached hydrogen (secondary N) is 2. The largest absolute Gasteiger partial charge is 0.325 e. The van der Waals surface area contributed by atoms with Gasteiger partial charge in [-0.2, -0.15) is 0 Å². The second kappa shape index (κ2) is 8.30. The zero-order chi connectivity index (χ0) is 15.9. The molecule has 1 aromatic rings. The van der Waals surface area contributed by atoms with Gasteiger partial charge in [0, 0.05) is 5.69 Å². The molecule has 0 aliphatic carbocycles. The summed E-state index contributed by atoms with van der Waals surface area (Å²) in [5.41, 5.74) is 2.05. The number of hydrogen-bond acceptors (Lipinski definition) is 3. The lowest BCUT2D eigenvalue weighted by Gasteiger charge is -2.35. The van der Waals surface area contributed by atoms with Crippen LogP contribution < -0.4 is 10.6 Å². The number of aryl methyl sites for hydroxylation is 1. The molecule has 1 fully saturated rings. The third kappa shape index (κ3) is 4.82. The SMILES string of the molecule is CNCCC1CCN(C(C)C(=O)Nc2cccc(C)c2)CC1. The number of hydrogen-bond donors (Lipinski definition) is 2. The van der Waals surface area contributed by atoms with Gasteiger partial charge in [-0.15, -0.1) is 0 Å². The lowest BCUT2D eigenvalue weighted by atomic mass is 9.93. The van der Waals surface area contributed by atoms with Gasteiger partial charge in [-0.05, 0) is 83.4 Å². The van der Waals surface area contributed by atoms with Gasteiger partial charge in [0.1, 0.15) is 0 Å². The minimum Gasteiger partial charge on any atom is -0.325 e. The van der Waals surface area contributed by atoms with E-state index < -0.39 is 0 Å². The number of rotatable bonds is 6. The minimum absolute atomic E-state index is 0.0641. The van der Waals surface area contributed by atoms with Crippen molar-refractivity contribution < 1.29 is 4.79 Å². The summed E-state index contributed by atoms with van der Waals surface area (Å²) < 4.78 is 0. The van der Waals surface area contributed by atoms with Gasteiger partial charge < -0.3 is 10.6 Å². The van der Waals surface area contributed by atoms with Crippen molar-refractivity contribution in [3.05, 3.63) is 29.8 Å². The first-order chi connectivity index (χ1) is 10.6. The molecular formula is C18H29N3O. The van der Waals surface area contributed by atoms with Gasteiger partial charge >= 0.3 is 0 Å². The van der Waals surface area contributed by atoms with Crippen molar-refractivity contribution >= 4 is 11.6 Å². The maximum atomic E-state index is 12.4. The average Bonchev–Trinajstić information content (AvgIpc) is 2.52. The van der Waals surface area contributed by atoms with Crippen LogP contribution in [0, 0.1) is 12.8 Å². The molecule has 1 atom stereocenters. The van der Waals surface area contributed by atoms with Crippen molar-refractivity contribution in [2.45, 2.75) is 39.2 Å². The van der Waals surface area contributed by atoms with Crippen molar-refractivity contribution in [2.24, 2.45) is 5.92 Å². The number of benzene rings is 1. The summed E-state index contributed by atoms with van der Waals surface area (Å²) in [6, 6.07) is 7.90. The van der Waals surface area contributed by atoms with Crippen LogP contribution in [0.4, 0.5) is 5.69 Å². The zero-order valence-electron chi connectivity index (χ0n) is 14.1. The molecule has 1 aliphatic rings. The molecule has 1 heterocycles. The molecule has 0 radical (unpaired) electrons. The predicted octanol–water partition coefficient (Wildman–Crippen LogP) is 2.64. The molecule has 0 aromatic heterocycles. The van der Waals surface area contributed by atoms with E-state index in [1.165, 1.54) is 19.3 Å². The number of amides is 1. The molecule has 4 nitrogen and oxygen atoms in total. The highest BCUT2D eigenvalue weighted by Gasteiger charge is 2.26. The Morgan fingerprint density at radius 2 is 2.09 bits per heavy atom. The topological polar surface area (TPSA) is 44.4 Å². The summed E-state index contributed by atoms with van der Waals surface area (Å²) in [6.07, 6.45) is 3.64. The van der Waals surface area contributed by atoms with Crippen LogP contribution in [0.5, 0.6) is 0 Å². The fourth-order valence-electron chi connectivity index (χ4n) is 3.11. The number of carbonyl (C=O) groups excluding carboxylic acids is 1. The Morgan fingerprint density at radius 3 is 2.73 bits per heavy atom. The molecule has 0 saturated carbocycles. The van der Waals surface area contributed by atoms with Gasteiger partial charge in [0.05, 0.1) is 6.04 Å². The Balaban J connectivity index is 1.81. The standard InChI is InChI=1S/C18H29N3O/c1-14-5-4-6-17(13-14)20-18(22)15(2)21-11-8-16(9-12-21)7-10-19-3/h4-6,13,15-16,19H,7-12H2,1-3H3,(H,20,22). The van der Waals surface area contributed by atoms with Crippen LogP contribution in [0.2, 0.25) is 0 Å². The van der Waals surface area contributed by atoms with Gasteiger partial charge in [-0.1, -0.05) is 12.1 Å². The normalized spacial score (nSPS) is 18.1. The smallest absolute Gasteiger partial charge is 0.241 e. The highest BCUT2D eigenvalue weighted by Crippen LogP contribution is 2.22. The van der Waals surface area contributed by atoms with Crippen molar-refractivity contribution in [1.29, 1.82) is 0 Å². The van der Waals surface area contributed by atoms with E-state index in [2.05, 4.69) is 15.5 Å². The van der Waals surface area contributed by atoms with Gasteiger partial charge in [-0.25, -0.2) is 0 Å². The number of anilines is 1. The van der Waals surface area contributed by atoms with Gasteiger partial charge in [-0.3, -0.25) is 9.69 Å². The third-order valence-electron chi connectivity index (χ3n) is 4.66. The molecular weight excluding hydrogens is 274 g/mol. The fourth-order valence-corrected chi connectivity index (χ4v) is 3.11. The average molecular weight is 303 g/mol. The Bertz CT molecular complexity index is 481. The van der Waals surface area contributed by atoms with E-state index in [1.807, 2.05) is 45.2 Å². The molecule has 122 valence electrons. The van der Waals surface area contributed by atoms with Crippen molar-refractivity contribution in [2.75, 3.05) is 32.0 Å². The summed E-state index contributed by atoms with van der Waals surface area (Å²) in [4.78, 5) is 14.7. The molecule has 2 N–H and O–H groups in total. The zero-order valence-corrected chi connectivity index (χ0v) is 14.1. The van der Waals surface area contributed by atoms with Crippen LogP contribution in [-0.2, 0) is 4.79 Å². The highest BCUT2D eigenvalue weighted by molar-refractivity contribution is 5.94. The number of piperidine rings is 1. The monoisotopic (exact) mass is 303 g/mol. The Hall–Kier alpha value is -1.39. The van der Waals surface area contributed by atoms with Crippen LogP contribution in [0.3, 0.4) is 0 Å². The van der Waals surface area contributed by atoms with Crippen molar-refractivity contribution in [1.82, 2.24) is 10.2 Å². The summed E-state index contributed by atoms with van der Waals surface area (Å²) in [7, 11) is 2.01. The Morgan fingerprint density at radius 1 is 1.36 bits per heavy atom. The molecule has 1 unspecified atom stereocenters. The van der Waals surface area contributed by atoms with Crippen molar-refractivity contribution in [3.8, 4) is 0 Å². The van der Waals surface area contributed by atoms with E-state index in [9.17, 15) is 4.79 Å². The third-order valence-corrected chi connectivity index (χ3v) is 4.66. The first-order valence-corrected chi connectivity index (χ1v) is 8.36. The summed E-state index contributed by atoms with van der Waals surface area (Å²) >= 11 is 0. The summed E-state index contributed by atoms with van der Waals surface area (Å²) in [5.74, 6) is 0.898. The molecule has 4 heteroatoms. The molecule has 0 bridgehead atoms. The van der Waals surface area contributed by atoms with E-state index in [4.69, 9.17) is 0 Å². The molecule has 1 aromatic carbocycles. The maximum Gasteiger partial charge on any atom is 0.241 e. The number of nitrogens with zero attached hydrogens (tertiary/aromatic N) is 1. The van der Waals surface area contributed by atoms with E-state index in [0.717, 1.165) is 36.8 Å². The van der Waals surface area contributed by atoms with Gasteiger partial charge in [0.15, 0.2) is 0 Å². The van der Waals surface area contributed by atoms with Gasteiger partial charge in [0.25, 0.3) is 0 Å². The second-order valence-electron chi connectivity index (χ2n) is 6.41. The Labute approximate surface area is 134 Å². The number of carbonyl (C=O) groups is 1. The fraction of sp³-hybridized carbons (Fsp3) is 0.611. The number of likely N-dealkylation sites (tertiary alicyclic amines) is 1. The minimum atomic E-state index is -0.0641. The van der Waals surface area contributed by atoms with Crippen LogP contribution in [0.25, 0.3) is 0 Å². The van der Waals surface area contributed by atoms with Crippen molar-refractivity contribution in [3.63, 3.8) is 0 Å². The highest BCUT2D eigenvalue weighted by atomic mass is 16.2. The summed E-state index contributed by atoms with van der Waals surface area (Å²) in [5, 5.41) is 6.26. The Kier molecular flexibility index (Phi) is 6.40. The molecule has 1 saturated heterocycles. The first kappa shape index (κ1) is 17.0. The van der Waals surface area contributed by atoms with Crippen LogP contribution in [-0.4, -0.2) is 43.5 Å². The molecule has 1 aliphatic heterocycles. The lowest BCUT2D eigenvalue weighted by Crippen LogP contribution is -2.46. The van der Waals surface area contributed by atoms with Crippen LogP contribution in [0.15, 0.2) is 24.3 Å². The molecule has 1 amide bonds. The first-order valence-electron chi connectivity index (χ1n) is 8.36. The van der Waals surface area contributed by atoms with Crippen LogP contribution >= 0.6 is 0 Å². The van der Waals surface area contributed by atoms with E-state index >= 15 is 0 Å². The van der Waals surface area contributed by atoms with E-state index in [-0.39, 0.29) is 11.9 Å². The quantitative estimate of drug-likeness (QED) is 0.849. The molecule has 22 heavy (non-hydrogen) atoms. The van der Waals surface area contributed by atoms with Gasteiger partial charge in [0.2, 0.25) is 5.91 Å². The molecule has 2 rings (SSSR count). The van der Waals surface area contributed by atoms with E-state index in [0.29, 0.717) is 0 Å². The second-order valence-corrected chi connectivity index (χ2v) is 6.41. The van der Waals surface area contributed by atoms with E-state index in [1.54, 1.807) is 0 Å².